The van der Waals surface area contributed by atoms with E-state index in [-0.39, 0.29) is 5.82 Å². The largest absolute Gasteiger partial charge is 0.337 e. The lowest BCUT2D eigenvalue weighted by atomic mass is 9.99. The molecule has 3 heterocycles. The zero-order chi connectivity index (χ0) is 17.8. The van der Waals surface area contributed by atoms with Crippen LogP contribution in [-0.4, -0.2) is 36.8 Å². The van der Waals surface area contributed by atoms with E-state index in [0.717, 1.165) is 31.7 Å². The Labute approximate surface area is 153 Å². The van der Waals surface area contributed by atoms with Gasteiger partial charge in [-0.1, -0.05) is 12.5 Å². The number of hydrogen-bond donors (Lipinski definition) is 0. The summed E-state index contributed by atoms with van der Waals surface area (Å²) >= 11 is 0. The van der Waals surface area contributed by atoms with Crippen LogP contribution in [0.15, 0.2) is 55.4 Å². The lowest BCUT2D eigenvalue weighted by molar-refractivity contribution is 0.128. The molecule has 1 atom stereocenters. The van der Waals surface area contributed by atoms with Crippen molar-refractivity contribution >= 4 is 0 Å². The SMILES string of the molecule is Fc1cccc(-n2cc(CN3CCCC[C@@H]3CCn3ccnc3)cn2)c1. The Kier molecular flexibility index (Phi) is 5.11. The molecule has 0 N–H and O–H groups in total. The number of hydrogen-bond acceptors (Lipinski definition) is 3. The number of aromatic nitrogens is 4. The van der Waals surface area contributed by atoms with Gasteiger partial charge in [-0.25, -0.2) is 14.1 Å². The third-order valence-corrected chi connectivity index (χ3v) is 5.12. The van der Waals surface area contributed by atoms with Crippen LogP contribution in [0, 0.1) is 5.82 Å². The quantitative estimate of drug-likeness (QED) is 0.679. The van der Waals surface area contributed by atoms with E-state index in [9.17, 15) is 4.39 Å². The predicted octanol–water partition coefficient (Wildman–Crippen LogP) is 3.65. The van der Waals surface area contributed by atoms with E-state index in [1.807, 2.05) is 37.2 Å². The van der Waals surface area contributed by atoms with Crippen LogP contribution < -0.4 is 0 Å². The van der Waals surface area contributed by atoms with Gasteiger partial charge in [0.05, 0.1) is 18.2 Å². The summed E-state index contributed by atoms with van der Waals surface area (Å²) in [4.78, 5) is 6.68. The summed E-state index contributed by atoms with van der Waals surface area (Å²) in [7, 11) is 0. The molecule has 136 valence electrons. The molecular weight excluding hydrogens is 329 g/mol. The van der Waals surface area contributed by atoms with Gasteiger partial charge in [-0.3, -0.25) is 4.90 Å². The van der Waals surface area contributed by atoms with Crippen LogP contribution in [0.1, 0.15) is 31.2 Å². The van der Waals surface area contributed by atoms with E-state index in [0.29, 0.717) is 6.04 Å². The summed E-state index contributed by atoms with van der Waals surface area (Å²) in [6.07, 6.45) is 14.6. The fourth-order valence-electron chi connectivity index (χ4n) is 3.75. The molecule has 0 aliphatic carbocycles. The topological polar surface area (TPSA) is 38.9 Å². The van der Waals surface area contributed by atoms with E-state index in [1.54, 1.807) is 10.7 Å². The van der Waals surface area contributed by atoms with Crippen molar-refractivity contribution in [2.75, 3.05) is 6.54 Å². The Hall–Kier alpha value is -2.47. The van der Waals surface area contributed by atoms with E-state index in [4.69, 9.17) is 0 Å². The molecule has 0 unspecified atom stereocenters. The summed E-state index contributed by atoms with van der Waals surface area (Å²) in [5.74, 6) is -0.241. The highest BCUT2D eigenvalue weighted by Gasteiger charge is 2.22. The zero-order valence-electron chi connectivity index (χ0n) is 14.8. The van der Waals surface area contributed by atoms with E-state index in [1.165, 1.54) is 37.0 Å². The minimum atomic E-state index is -0.241. The average molecular weight is 353 g/mol. The van der Waals surface area contributed by atoms with Crippen molar-refractivity contribution in [1.82, 2.24) is 24.2 Å². The molecular formula is C20H24FN5. The van der Waals surface area contributed by atoms with Crippen LogP contribution in [0.5, 0.6) is 0 Å². The number of aryl methyl sites for hydroxylation is 1. The van der Waals surface area contributed by atoms with Gasteiger partial charge in [0.2, 0.25) is 0 Å². The third kappa shape index (κ3) is 4.02. The third-order valence-electron chi connectivity index (χ3n) is 5.12. The van der Waals surface area contributed by atoms with Crippen molar-refractivity contribution in [2.45, 2.75) is 44.8 Å². The molecule has 26 heavy (non-hydrogen) atoms. The van der Waals surface area contributed by atoms with E-state index >= 15 is 0 Å². The number of likely N-dealkylation sites (tertiary alicyclic amines) is 1. The molecule has 0 spiro atoms. The Morgan fingerprint density at radius 2 is 2.19 bits per heavy atom. The first kappa shape index (κ1) is 17.0. The van der Waals surface area contributed by atoms with Crippen LogP contribution in [0.4, 0.5) is 4.39 Å². The number of benzene rings is 1. The van der Waals surface area contributed by atoms with Gasteiger partial charge in [-0.15, -0.1) is 0 Å². The number of nitrogens with zero attached hydrogens (tertiary/aromatic N) is 5. The molecule has 3 aromatic rings. The summed E-state index contributed by atoms with van der Waals surface area (Å²) < 4.78 is 17.3. The maximum absolute atomic E-state index is 13.4. The van der Waals surface area contributed by atoms with Gasteiger partial charge in [0, 0.05) is 43.3 Å². The molecule has 0 radical (unpaired) electrons. The highest BCUT2D eigenvalue weighted by Crippen LogP contribution is 2.23. The molecule has 6 heteroatoms. The minimum absolute atomic E-state index is 0.241. The highest BCUT2D eigenvalue weighted by molar-refractivity contribution is 5.31. The molecule has 1 aromatic carbocycles. The Morgan fingerprint density at radius 3 is 3.04 bits per heavy atom. The Balaban J connectivity index is 1.41. The van der Waals surface area contributed by atoms with Crippen molar-refractivity contribution < 1.29 is 4.39 Å². The number of halogens is 1. The van der Waals surface area contributed by atoms with Crippen molar-refractivity contribution in [1.29, 1.82) is 0 Å². The second-order valence-electron chi connectivity index (χ2n) is 6.98. The molecule has 0 bridgehead atoms. The number of piperidine rings is 1. The maximum Gasteiger partial charge on any atom is 0.125 e. The first-order valence-electron chi connectivity index (χ1n) is 9.27. The molecule has 1 fully saturated rings. The van der Waals surface area contributed by atoms with Gasteiger partial charge in [0.15, 0.2) is 0 Å². The van der Waals surface area contributed by atoms with Crippen molar-refractivity contribution in [3.05, 3.63) is 66.8 Å². The summed E-state index contributed by atoms with van der Waals surface area (Å²) in [6.45, 7) is 3.02. The lowest BCUT2D eigenvalue weighted by Crippen LogP contribution is -2.39. The van der Waals surface area contributed by atoms with Gasteiger partial charge in [-0.05, 0) is 44.0 Å². The van der Waals surface area contributed by atoms with Crippen molar-refractivity contribution in [3.63, 3.8) is 0 Å². The molecule has 1 saturated heterocycles. The van der Waals surface area contributed by atoms with E-state index < -0.39 is 0 Å². The fourth-order valence-corrected chi connectivity index (χ4v) is 3.75. The van der Waals surface area contributed by atoms with Crippen molar-refractivity contribution in [3.8, 4) is 5.69 Å². The maximum atomic E-state index is 13.4. The van der Waals surface area contributed by atoms with Gasteiger partial charge in [0.25, 0.3) is 0 Å². The highest BCUT2D eigenvalue weighted by atomic mass is 19.1. The molecule has 2 aromatic heterocycles. The fraction of sp³-hybridized carbons (Fsp3) is 0.400. The second-order valence-corrected chi connectivity index (χ2v) is 6.98. The van der Waals surface area contributed by atoms with Gasteiger partial charge >= 0.3 is 0 Å². The summed E-state index contributed by atoms with van der Waals surface area (Å²) in [5, 5.41) is 4.42. The Bertz CT molecular complexity index is 826. The molecule has 4 rings (SSSR count). The number of imidazole rings is 1. The van der Waals surface area contributed by atoms with Gasteiger partial charge < -0.3 is 4.57 Å². The molecule has 1 aliphatic rings. The monoisotopic (exact) mass is 353 g/mol. The van der Waals surface area contributed by atoms with Crippen LogP contribution in [-0.2, 0) is 13.1 Å². The lowest BCUT2D eigenvalue weighted by Gasteiger charge is -2.35. The standard InChI is InChI=1S/C20H24FN5/c21-18-4-3-6-20(12-18)26-15-17(13-23-26)14-25-9-2-1-5-19(25)7-10-24-11-8-22-16-24/h3-4,6,8,11-13,15-16,19H,1-2,5,7,9-10,14H2/t19-/m1/s1. The van der Waals surface area contributed by atoms with E-state index in [2.05, 4.69) is 19.5 Å². The molecule has 1 aliphatic heterocycles. The Morgan fingerprint density at radius 1 is 1.23 bits per heavy atom. The van der Waals surface area contributed by atoms with Crippen LogP contribution in [0.25, 0.3) is 5.69 Å². The first-order chi connectivity index (χ1) is 12.8. The van der Waals surface area contributed by atoms with Crippen LogP contribution >= 0.6 is 0 Å². The molecule has 0 amide bonds. The van der Waals surface area contributed by atoms with Gasteiger partial charge in [0.1, 0.15) is 5.82 Å². The summed E-state index contributed by atoms with van der Waals surface area (Å²) in [5.41, 5.74) is 1.93. The van der Waals surface area contributed by atoms with Gasteiger partial charge in [-0.2, -0.15) is 5.10 Å². The normalized spacial score (nSPS) is 18.3. The smallest absolute Gasteiger partial charge is 0.125 e. The first-order valence-corrected chi connectivity index (χ1v) is 9.27. The number of rotatable bonds is 6. The predicted molar refractivity (Wildman–Crippen MR) is 98.4 cm³/mol. The average Bonchev–Trinajstić information content (AvgIpc) is 3.33. The van der Waals surface area contributed by atoms with Crippen molar-refractivity contribution in [2.24, 2.45) is 0 Å². The summed E-state index contributed by atoms with van der Waals surface area (Å²) in [6, 6.07) is 7.12. The minimum Gasteiger partial charge on any atom is -0.337 e. The zero-order valence-corrected chi connectivity index (χ0v) is 14.8. The van der Waals surface area contributed by atoms with Crippen LogP contribution in [0.3, 0.4) is 0 Å². The molecule has 0 saturated carbocycles. The molecule has 5 nitrogen and oxygen atoms in total. The second kappa shape index (κ2) is 7.83. The van der Waals surface area contributed by atoms with Crippen LogP contribution in [0.2, 0.25) is 0 Å².